The Morgan fingerprint density at radius 3 is 3.05 bits per heavy atom. The Morgan fingerprint density at radius 1 is 1.29 bits per heavy atom. The molecule has 3 rings (SSSR count). The lowest BCUT2D eigenvalue weighted by atomic mass is 9.96. The molecule has 21 heavy (non-hydrogen) atoms. The number of aryl methyl sites for hydroxylation is 1. The lowest BCUT2D eigenvalue weighted by Gasteiger charge is -2.21. The fraction of sp³-hybridized carbons (Fsp3) is 0.333. The van der Waals surface area contributed by atoms with E-state index in [1.807, 2.05) is 7.05 Å². The van der Waals surface area contributed by atoms with E-state index in [0.717, 1.165) is 31.6 Å². The third-order valence-electron chi connectivity index (χ3n) is 3.81. The van der Waals surface area contributed by atoms with Crippen LogP contribution in [-0.2, 0) is 6.42 Å². The highest BCUT2D eigenvalue weighted by Gasteiger charge is 2.17. The third-order valence-corrected chi connectivity index (χ3v) is 4.77. The van der Waals surface area contributed by atoms with E-state index in [2.05, 4.69) is 53.2 Å². The second-order valence-electron chi connectivity index (χ2n) is 5.28. The molecule has 1 N–H and O–H groups in total. The van der Waals surface area contributed by atoms with E-state index in [0.29, 0.717) is 0 Å². The lowest BCUT2D eigenvalue weighted by molar-refractivity contribution is 0.198. The van der Waals surface area contributed by atoms with Crippen molar-refractivity contribution in [3.8, 4) is 5.75 Å². The first-order valence-corrected chi connectivity index (χ1v) is 8.39. The topological polar surface area (TPSA) is 21.3 Å². The highest BCUT2D eigenvalue weighted by atomic mass is 32.1. The van der Waals surface area contributed by atoms with E-state index in [1.54, 1.807) is 11.3 Å². The van der Waals surface area contributed by atoms with Crippen molar-refractivity contribution in [2.24, 2.45) is 0 Å². The van der Waals surface area contributed by atoms with Crippen molar-refractivity contribution in [1.82, 2.24) is 5.32 Å². The largest absolute Gasteiger partial charge is 0.484 e. The number of fused-ring (bicyclic) bond motifs is 1. The monoisotopic (exact) mass is 299 g/mol. The predicted octanol–water partition coefficient (Wildman–Crippen LogP) is 4.44. The number of hydrogen-bond acceptors (Lipinski definition) is 3. The van der Waals surface area contributed by atoms with Crippen LogP contribution in [0.5, 0.6) is 5.75 Å². The minimum atomic E-state index is 0.124. The summed E-state index contributed by atoms with van der Waals surface area (Å²) in [5.74, 6) is 1.01. The van der Waals surface area contributed by atoms with E-state index >= 15 is 0 Å². The fourth-order valence-electron chi connectivity index (χ4n) is 2.70. The zero-order chi connectivity index (χ0) is 14.5. The van der Waals surface area contributed by atoms with Crippen molar-refractivity contribution in [2.45, 2.75) is 25.4 Å². The fourth-order valence-corrected chi connectivity index (χ4v) is 3.49. The Labute approximate surface area is 130 Å². The number of allylic oxidation sites excluding steroid dienone is 1. The summed E-state index contributed by atoms with van der Waals surface area (Å²) in [6.07, 6.45) is 7.79. The van der Waals surface area contributed by atoms with Crippen LogP contribution >= 0.6 is 11.3 Å². The first-order valence-electron chi connectivity index (χ1n) is 7.51. The van der Waals surface area contributed by atoms with Gasteiger partial charge >= 0.3 is 0 Å². The molecular weight excluding hydrogens is 278 g/mol. The molecule has 1 aliphatic rings. The maximum atomic E-state index is 6.38. The van der Waals surface area contributed by atoms with Gasteiger partial charge in [0.25, 0.3) is 0 Å². The standard InChI is InChI=1S/C18H21NOS/c1-19-12-11-17(18-10-5-13-21-18)20-16-9-4-7-14-6-2-3-8-15(14)16/h3-5,7-10,13,17,19H,2,6,11-12H2,1H3. The van der Waals surface area contributed by atoms with Crippen LogP contribution in [0.4, 0.5) is 0 Å². The van der Waals surface area contributed by atoms with Crippen LogP contribution in [0, 0.1) is 0 Å². The van der Waals surface area contributed by atoms with E-state index in [1.165, 1.54) is 16.0 Å². The first-order chi connectivity index (χ1) is 10.4. The van der Waals surface area contributed by atoms with E-state index in [4.69, 9.17) is 4.74 Å². The highest BCUT2D eigenvalue weighted by Crippen LogP contribution is 2.33. The third kappa shape index (κ3) is 3.36. The number of ether oxygens (including phenoxy) is 1. The lowest BCUT2D eigenvalue weighted by Crippen LogP contribution is -2.16. The maximum absolute atomic E-state index is 6.38. The molecule has 0 bridgehead atoms. The van der Waals surface area contributed by atoms with Crippen molar-refractivity contribution in [1.29, 1.82) is 0 Å². The normalized spacial score (nSPS) is 14.7. The number of nitrogens with one attached hydrogen (secondary N) is 1. The van der Waals surface area contributed by atoms with E-state index < -0.39 is 0 Å². The molecule has 1 heterocycles. The summed E-state index contributed by atoms with van der Waals surface area (Å²) in [4.78, 5) is 1.29. The highest BCUT2D eigenvalue weighted by molar-refractivity contribution is 7.10. The Morgan fingerprint density at radius 2 is 2.24 bits per heavy atom. The average Bonchev–Trinajstić information content (AvgIpc) is 3.06. The summed E-state index contributed by atoms with van der Waals surface area (Å²) in [7, 11) is 1.98. The molecule has 1 unspecified atom stereocenters. The minimum Gasteiger partial charge on any atom is -0.484 e. The van der Waals surface area contributed by atoms with E-state index in [-0.39, 0.29) is 6.10 Å². The molecule has 0 amide bonds. The molecule has 1 aliphatic carbocycles. The van der Waals surface area contributed by atoms with Gasteiger partial charge in [-0.25, -0.2) is 0 Å². The Bertz CT molecular complexity index is 604. The van der Waals surface area contributed by atoms with E-state index in [9.17, 15) is 0 Å². The van der Waals surface area contributed by atoms with Crippen LogP contribution < -0.4 is 10.1 Å². The second kappa shape index (κ2) is 6.92. The molecule has 0 saturated carbocycles. The molecule has 3 heteroatoms. The van der Waals surface area contributed by atoms with Gasteiger partial charge in [-0.05, 0) is 49.5 Å². The molecular formula is C18H21NOS. The van der Waals surface area contributed by atoms with Gasteiger partial charge in [0.15, 0.2) is 0 Å². The first kappa shape index (κ1) is 14.4. The van der Waals surface area contributed by atoms with Crippen molar-refractivity contribution in [3.63, 3.8) is 0 Å². The maximum Gasteiger partial charge on any atom is 0.134 e. The molecule has 0 spiro atoms. The van der Waals surface area contributed by atoms with Gasteiger partial charge in [-0.1, -0.05) is 30.4 Å². The minimum absolute atomic E-state index is 0.124. The summed E-state index contributed by atoms with van der Waals surface area (Å²) >= 11 is 1.77. The van der Waals surface area contributed by atoms with Crippen LogP contribution in [0.3, 0.4) is 0 Å². The predicted molar refractivity (Wildman–Crippen MR) is 90.0 cm³/mol. The Balaban J connectivity index is 1.85. The molecule has 110 valence electrons. The van der Waals surface area contributed by atoms with Gasteiger partial charge in [-0.3, -0.25) is 0 Å². The molecule has 0 radical (unpaired) electrons. The van der Waals surface area contributed by atoms with Gasteiger partial charge in [0.1, 0.15) is 11.9 Å². The van der Waals surface area contributed by atoms with Crippen LogP contribution in [0.1, 0.15) is 34.9 Å². The van der Waals surface area contributed by atoms with Crippen LogP contribution in [0.15, 0.2) is 41.8 Å². The Hall–Kier alpha value is -1.58. The second-order valence-corrected chi connectivity index (χ2v) is 6.26. The van der Waals surface area contributed by atoms with Gasteiger partial charge in [0, 0.05) is 16.9 Å². The average molecular weight is 299 g/mol. The quantitative estimate of drug-likeness (QED) is 0.851. The van der Waals surface area contributed by atoms with Gasteiger partial charge in [-0.2, -0.15) is 0 Å². The molecule has 1 aromatic heterocycles. The van der Waals surface area contributed by atoms with Gasteiger partial charge < -0.3 is 10.1 Å². The van der Waals surface area contributed by atoms with Crippen LogP contribution in [-0.4, -0.2) is 13.6 Å². The van der Waals surface area contributed by atoms with Gasteiger partial charge in [0.2, 0.25) is 0 Å². The zero-order valence-corrected chi connectivity index (χ0v) is 13.2. The summed E-state index contributed by atoms with van der Waals surface area (Å²) in [6.45, 7) is 0.952. The van der Waals surface area contributed by atoms with Gasteiger partial charge in [-0.15, -0.1) is 11.3 Å². The summed E-state index contributed by atoms with van der Waals surface area (Å²) in [6, 6.07) is 10.7. The number of hydrogen-bond donors (Lipinski definition) is 1. The van der Waals surface area contributed by atoms with Crippen LogP contribution in [0.25, 0.3) is 6.08 Å². The SMILES string of the molecule is CNCCC(Oc1cccc2c1C=CCC2)c1cccs1. The molecule has 0 aliphatic heterocycles. The molecule has 2 nitrogen and oxygen atoms in total. The molecule has 0 fully saturated rings. The molecule has 1 aromatic carbocycles. The van der Waals surface area contributed by atoms with Crippen molar-refractivity contribution in [2.75, 3.05) is 13.6 Å². The Kier molecular flexibility index (Phi) is 4.73. The molecule has 0 saturated heterocycles. The van der Waals surface area contributed by atoms with Crippen molar-refractivity contribution >= 4 is 17.4 Å². The summed E-state index contributed by atoms with van der Waals surface area (Å²) < 4.78 is 6.38. The number of benzene rings is 1. The summed E-state index contributed by atoms with van der Waals surface area (Å²) in [5.41, 5.74) is 2.66. The molecule has 1 atom stereocenters. The smallest absolute Gasteiger partial charge is 0.134 e. The molecule has 2 aromatic rings. The van der Waals surface area contributed by atoms with Crippen LogP contribution in [0.2, 0.25) is 0 Å². The number of thiophene rings is 1. The van der Waals surface area contributed by atoms with Crippen molar-refractivity contribution in [3.05, 3.63) is 57.8 Å². The summed E-state index contributed by atoms with van der Waals surface area (Å²) in [5, 5.41) is 5.34. The van der Waals surface area contributed by atoms with Crippen molar-refractivity contribution < 1.29 is 4.74 Å². The number of rotatable bonds is 6. The zero-order valence-electron chi connectivity index (χ0n) is 12.3. The van der Waals surface area contributed by atoms with Gasteiger partial charge in [0.05, 0.1) is 0 Å².